The zero-order valence-corrected chi connectivity index (χ0v) is 32.7. The number of fused-ring (bicyclic) bond motifs is 7. The fraction of sp³-hybridized carbons (Fsp3) is 0.744. The van der Waals surface area contributed by atoms with Gasteiger partial charge in [0.1, 0.15) is 6.10 Å². The highest BCUT2D eigenvalue weighted by Crippen LogP contribution is 2.73. The maximum atomic E-state index is 13.9. The molecular weight excluding hydrogens is 646 g/mol. The summed E-state index contributed by atoms with van der Waals surface area (Å²) in [5.74, 6) is 1.31. The Bertz CT molecular complexity index is 1530. The van der Waals surface area contributed by atoms with Crippen LogP contribution in [0.25, 0.3) is 0 Å². The predicted molar refractivity (Wildman–Crippen MR) is 199 cm³/mol. The maximum absolute atomic E-state index is 13.9. The third-order valence-corrected chi connectivity index (χ3v) is 15.3. The van der Waals surface area contributed by atoms with Gasteiger partial charge in [-0.25, -0.2) is 0 Å². The lowest BCUT2D eigenvalue weighted by Crippen LogP contribution is -2.63. The van der Waals surface area contributed by atoms with E-state index in [1.165, 1.54) is 30.4 Å². The molecule has 8 unspecified atom stereocenters. The van der Waals surface area contributed by atoms with Crippen molar-refractivity contribution < 1.29 is 24.2 Å². The number of aliphatic carboxylic acids is 1. The number of halogens is 1. The second kappa shape index (κ2) is 13.3. The SMILES string of the molecule is CC(C)C1=C2C3CCC4C(C)(CCC5C(C)(C)C(OC(=O)CC(C)(C)C(=O)O)CCC54C)C3CCC2(CNCCc2ccc(Cl)cc2)CC1=O. The van der Waals surface area contributed by atoms with E-state index in [0.717, 1.165) is 62.2 Å². The van der Waals surface area contributed by atoms with Crippen molar-refractivity contribution in [3.05, 3.63) is 46.0 Å². The first-order chi connectivity index (χ1) is 23.4. The predicted octanol–water partition coefficient (Wildman–Crippen LogP) is 9.48. The molecule has 0 aromatic heterocycles. The Labute approximate surface area is 305 Å². The summed E-state index contributed by atoms with van der Waals surface area (Å²) in [5.41, 5.74) is 2.89. The highest BCUT2D eigenvalue weighted by Gasteiger charge is 2.66. The number of carbonyl (C=O) groups excluding carboxylic acids is 2. The Kier molecular flexibility index (Phi) is 10.0. The van der Waals surface area contributed by atoms with Gasteiger partial charge in [-0.15, -0.1) is 0 Å². The number of ether oxygens (including phenoxy) is 1. The third-order valence-electron chi connectivity index (χ3n) is 15.1. The number of nitrogens with one attached hydrogen (secondary N) is 1. The smallest absolute Gasteiger partial charge is 0.309 e. The zero-order valence-electron chi connectivity index (χ0n) is 31.9. The topological polar surface area (TPSA) is 92.7 Å². The van der Waals surface area contributed by atoms with Crippen molar-refractivity contribution in [2.45, 2.75) is 132 Å². The molecule has 0 aliphatic heterocycles. The van der Waals surface area contributed by atoms with Gasteiger partial charge in [0.05, 0.1) is 11.8 Å². The Morgan fingerprint density at radius 2 is 1.64 bits per heavy atom. The second-order valence-corrected chi connectivity index (χ2v) is 19.5. The fourth-order valence-electron chi connectivity index (χ4n) is 12.7. The molecule has 2 N–H and O–H groups in total. The first kappa shape index (κ1) is 37.6. The number of carboxylic acids is 1. The monoisotopic (exact) mass is 707 g/mol. The van der Waals surface area contributed by atoms with Crippen molar-refractivity contribution >= 4 is 29.3 Å². The van der Waals surface area contributed by atoms with E-state index in [4.69, 9.17) is 16.3 Å². The van der Waals surface area contributed by atoms with Crippen LogP contribution in [-0.4, -0.2) is 42.0 Å². The van der Waals surface area contributed by atoms with Gasteiger partial charge < -0.3 is 15.2 Å². The third kappa shape index (κ3) is 6.31. The van der Waals surface area contributed by atoms with Gasteiger partial charge in [-0.2, -0.15) is 0 Å². The number of rotatable bonds is 10. The quantitative estimate of drug-likeness (QED) is 0.186. The van der Waals surface area contributed by atoms with Gasteiger partial charge in [0.2, 0.25) is 0 Å². The summed E-state index contributed by atoms with van der Waals surface area (Å²) < 4.78 is 6.15. The lowest BCUT2D eigenvalue weighted by Gasteiger charge is -2.68. The van der Waals surface area contributed by atoms with Crippen molar-refractivity contribution in [3.8, 4) is 0 Å². The van der Waals surface area contributed by atoms with Gasteiger partial charge in [-0.1, -0.05) is 70.8 Å². The number of ketones is 1. The van der Waals surface area contributed by atoms with Crippen LogP contribution in [0.3, 0.4) is 0 Å². The summed E-state index contributed by atoms with van der Waals surface area (Å²) >= 11 is 6.11. The normalized spacial score (nSPS) is 36.4. The molecule has 0 heterocycles. The molecule has 0 saturated heterocycles. The molecule has 8 atom stereocenters. The Morgan fingerprint density at radius 1 is 0.960 bits per heavy atom. The van der Waals surface area contributed by atoms with Crippen LogP contribution < -0.4 is 5.32 Å². The summed E-state index contributed by atoms with van der Waals surface area (Å²) in [7, 11) is 0. The number of hydrogen-bond acceptors (Lipinski definition) is 5. The van der Waals surface area contributed by atoms with Gasteiger partial charge in [0.15, 0.2) is 5.78 Å². The largest absolute Gasteiger partial charge is 0.481 e. The molecule has 0 amide bonds. The van der Waals surface area contributed by atoms with Gasteiger partial charge >= 0.3 is 11.9 Å². The van der Waals surface area contributed by atoms with Gasteiger partial charge in [0.25, 0.3) is 0 Å². The lowest BCUT2D eigenvalue weighted by atomic mass is 9.36. The summed E-state index contributed by atoms with van der Waals surface area (Å²) in [4.78, 5) is 38.6. The average molecular weight is 708 g/mol. The molecule has 0 spiro atoms. The molecule has 1 aromatic carbocycles. The molecule has 0 bridgehead atoms. The number of Topliss-reactive ketones (excluding diaryl/α,β-unsaturated/α-hetero) is 1. The summed E-state index contributed by atoms with van der Waals surface area (Å²) in [6.07, 6.45) is 10.0. The van der Waals surface area contributed by atoms with Crippen LogP contribution >= 0.6 is 11.6 Å². The van der Waals surface area contributed by atoms with Crippen LogP contribution in [0.1, 0.15) is 125 Å². The van der Waals surface area contributed by atoms with Crippen LogP contribution in [0.2, 0.25) is 5.02 Å². The Hall–Kier alpha value is -2.18. The van der Waals surface area contributed by atoms with Crippen LogP contribution in [-0.2, 0) is 25.5 Å². The molecule has 0 radical (unpaired) electrons. The van der Waals surface area contributed by atoms with Crippen molar-refractivity contribution in [3.63, 3.8) is 0 Å². The Balaban J connectivity index is 1.20. The number of hydrogen-bond donors (Lipinski definition) is 2. The van der Waals surface area contributed by atoms with E-state index in [-0.39, 0.29) is 40.1 Å². The molecule has 50 heavy (non-hydrogen) atoms. The number of benzene rings is 1. The highest BCUT2D eigenvalue weighted by atomic mass is 35.5. The van der Waals surface area contributed by atoms with E-state index >= 15 is 0 Å². The average Bonchev–Trinajstić information content (AvgIpc) is 3.33. The number of esters is 1. The zero-order chi connectivity index (χ0) is 36.4. The lowest BCUT2D eigenvalue weighted by molar-refractivity contribution is -0.213. The van der Waals surface area contributed by atoms with Crippen LogP contribution in [0.5, 0.6) is 0 Å². The van der Waals surface area contributed by atoms with Crippen LogP contribution in [0.15, 0.2) is 35.4 Å². The van der Waals surface area contributed by atoms with E-state index in [1.54, 1.807) is 13.8 Å². The van der Waals surface area contributed by atoms with Crippen molar-refractivity contribution in [1.29, 1.82) is 0 Å². The summed E-state index contributed by atoms with van der Waals surface area (Å²) in [6.45, 7) is 19.1. The molecule has 5 aliphatic rings. The van der Waals surface area contributed by atoms with Crippen LogP contribution in [0, 0.1) is 56.7 Å². The van der Waals surface area contributed by atoms with E-state index < -0.39 is 17.4 Å². The minimum atomic E-state index is -1.14. The molecule has 1 aromatic rings. The van der Waals surface area contributed by atoms with E-state index in [2.05, 4.69) is 59.0 Å². The Morgan fingerprint density at radius 3 is 2.30 bits per heavy atom. The summed E-state index contributed by atoms with van der Waals surface area (Å²) in [5, 5.41) is 14.2. The van der Waals surface area contributed by atoms with E-state index in [1.807, 2.05) is 12.1 Å². The number of carboxylic acid groups (broad SMARTS) is 1. The molecular formula is C43H62ClNO5. The fourth-order valence-corrected chi connectivity index (χ4v) is 12.8. The van der Waals surface area contributed by atoms with Crippen molar-refractivity contribution in [2.75, 3.05) is 13.1 Å². The second-order valence-electron chi connectivity index (χ2n) is 19.1. The molecule has 4 saturated carbocycles. The molecule has 276 valence electrons. The van der Waals surface area contributed by atoms with Crippen LogP contribution in [0.4, 0.5) is 0 Å². The van der Waals surface area contributed by atoms with Crippen molar-refractivity contribution in [2.24, 2.45) is 56.7 Å². The first-order valence-corrected chi connectivity index (χ1v) is 19.9. The minimum absolute atomic E-state index is 0.0682. The first-order valence-electron chi connectivity index (χ1n) is 19.5. The van der Waals surface area contributed by atoms with Gasteiger partial charge in [-0.3, -0.25) is 14.4 Å². The van der Waals surface area contributed by atoms with E-state index in [0.29, 0.717) is 35.9 Å². The van der Waals surface area contributed by atoms with Gasteiger partial charge in [0, 0.05) is 28.8 Å². The van der Waals surface area contributed by atoms with Crippen molar-refractivity contribution in [1.82, 2.24) is 5.32 Å². The summed E-state index contributed by atoms with van der Waals surface area (Å²) in [6, 6.07) is 8.12. The minimum Gasteiger partial charge on any atom is -0.481 e. The molecule has 7 heteroatoms. The molecule has 6 nitrogen and oxygen atoms in total. The maximum Gasteiger partial charge on any atom is 0.309 e. The van der Waals surface area contributed by atoms with E-state index in [9.17, 15) is 19.5 Å². The number of allylic oxidation sites excluding steroid dienone is 1. The molecule has 4 fully saturated rings. The number of carbonyl (C=O) groups is 3. The van der Waals surface area contributed by atoms with Gasteiger partial charge in [-0.05, 0) is 142 Å². The molecule has 5 aliphatic carbocycles. The standard InChI is InChI=1S/C43H62ClNO5/c1-26(2)36-31(46)23-43(25-45-22-18-27-9-11-28(44)12-10-27)21-15-30-29(37(36)43)13-14-33-41(30,7)19-16-32-40(5,6)34(17-20-42(32,33)8)50-35(47)24-39(3,4)38(48)49/h9-12,26,29-30,32-34,45H,13-25H2,1-8H3,(H,48,49). The molecule has 6 rings (SSSR count). The highest BCUT2D eigenvalue weighted by molar-refractivity contribution is 6.30.